The Morgan fingerprint density at radius 1 is 1.21 bits per heavy atom. The Balaban J connectivity index is 1.74. The molecule has 3 heteroatoms. The van der Waals surface area contributed by atoms with Crippen LogP contribution in [0.3, 0.4) is 0 Å². The van der Waals surface area contributed by atoms with Crippen molar-refractivity contribution in [2.24, 2.45) is 22.7 Å². The van der Waals surface area contributed by atoms with E-state index in [4.69, 9.17) is 0 Å². The highest BCUT2D eigenvalue weighted by Crippen LogP contribution is 2.62. The van der Waals surface area contributed by atoms with Gasteiger partial charge in [-0.1, -0.05) is 29.7 Å². The Morgan fingerprint density at radius 2 is 1.96 bits per heavy atom. The molecule has 3 nitrogen and oxygen atoms in total. The zero-order valence-corrected chi connectivity index (χ0v) is 15.1. The maximum Gasteiger partial charge on any atom is 0.142 e. The van der Waals surface area contributed by atoms with E-state index in [-0.39, 0.29) is 17.3 Å². The van der Waals surface area contributed by atoms with E-state index in [2.05, 4.69) is 13.0 Å². The fourth-order valence-corrected chi connectivity index (χ4v) is 6.35. The number of Topliss-reactive ketones (excluding diaryl/α,β-unsaturated/α-hetero) is 1. The Morgan fingerprint density at radius 3 is 2.67 bits per heavy atom. The smallest absolute Gasteiger partial charge is 0.142 e. The van der Waals surface area contributed by atoms with Gasteiger partial charge >= 0.3 is 0 Å². The van der Waals surface area contributed by atoms with Gasteiger partial charge in [0, 0.05) is 0 Å². The van der Waals surface area contributed by atoms with E-state index < -0.39 is 11.5 Å². The van der Waals surface area contributed by atoms with Gasteiger partial charge in [0.05, 0.1) is 17.6 Å². The van der Waals surface area contributed by atoms with Crippen molar-refractivity contribution < 1.29 is 15.0 Å². The molecule has 0 aliphatic heterocycles. The normalized spacial score (nSPS) is 47.6. The summed E-state index contributed by atoms with van der Waals surface area (Å²) in [7, 11) is 0. The summed E-state index contributed by atoms with van der Waals surface area (Å²) in [4.78, 5) is 12.3. The molecule has 24 heavy (non-hydrogen) atoms. The minimum absolute atomic E-state index is 0.109. The highest BCUT2D eigenvalue weighted by molar-refractivity contribution is 5.87. The first-order valence-electron chi connectivity index (χ1n) is 9.57. The topological polar surface area (TPSA) is 57.5 Å². The molecule has 2 N–H and O–H groups in total. The third kappa shape index (κ3) is 2.00. The molecular weight excluding hydrogens is 300 g/mol. The van der Waals surface area contributed by atoms with Gasteiger partial charge in [0.1, 0.15) is 5.78 Å². The van der Waals surface area contributed by atoms with Crippen LogP contribution in [0, 0.1) is 22.7 Å². The molecule has 4 aliphatic carbocycles. The first kappa shape index (κ1) is 16.5. The summed E-state index contributed by atoms with van der Waals surface area (Å²) >= 11 is 0. The number of hydrogen-bond acceptors (Lipinski definition) is 3. The summed E-state index contributed by atoms with van der Waals surface area (Å²) in [5, 5.41) is 20.7. The lowest BCUT2D eigenvalue weighted by atomic mass is 9.52. The average Bonchev–Trinajstić information content (AvgIpc) is 2.81. The van der Waals surface area contributed by atoms with E-state index in [1.807, 2.05) is 6.92 Å². The zero-order chi connectivity index (χ0) is 17.3. The number of aliphatic hydroxyl groups is 2. The van der Waals surface area contributed by atoms with E-state index in [0.29, 0.717) is 18.3 Å². The molecule has 0 aromatic heterocycles. The second-order valence-corrected chi connectivity index (χ2v) is 9.01. The SMILES string of the molecule is CC(=O)[C@@]1(C)C2=C(C[C@H]1O)[C@@H]1CC=C3C[C@@H](O)CC[C@]3(C)[C@H]1CC2. The van der Waals surface area contributed by atoms with Crippen LogP contribution in [-0.2, 0) is 4.79 Å². The second-order valence-electron chi connectivity index (χ2n) is 9.01. The van der Waals surface area contributed by atoms with Crippen LogP contribution < -0.4 is 0 Å². The largest absolute Gasteiger partial charge is 0.393 e. The van der Waals surface area contributed by atoms with Crippen molar-refractivity contribution in [3.8, 4) is 0 Å². The van der Waals surface area contributed by atoms with Crippen LogP contribution in [0.15, 0.2) is 22.8 Å². The Bertz CT molecular complexity index is 645. The van der Waals surface area contributed by atoms with Gasteiger partial charge in [-0.2, -0.15) is 0 Å². The van der Waals surface area contributed by atoms with Crippen LogP contribution in [0.25, 0.3) is 0 Å². The standard InChI is InChI=1S/C21H30O3/c1-12(22)21(3)18-7-6-17-15(16(18)11-19(21)24)5-4-13-10-14(23)8-9-20(13,17)2/h4,14-15,17,19,23-24H,5-11H2,1-3H3/t14-,15-,17-,19+,20-,21-/m0/s1. The van der Waals surface area contributed by atoms with Crippen LogP contribution in [0.1, 0.15) is 65.7 Å². The number of carbonyl (C=O) groups excluding carboxylic acids is 1. The van der Waals surface area contributed by atoms with E-state index in [0.717, 1.165) is 38.5 Å². The van der Waals surface area contributed by atoms with E-state index in [1.165, 1.54) is 16.7 Å². The summed E-state index contributed by atoms with van der Waals surface area (Å²) in [5.74, 6) is 1.19. The molecule has 4 aliphatic rings. The van der Waals surface area contributed by atoms with Crippen molar-refractivity contribution in [1.82, 2.24) is 0 Å². The molecule has 1 saturated carbocycles. The number of fused-ring (bicyclic) bond motifs is 4. The van der Waals surface area contributed by atoms with Gasteiger partial charge < -0.3 is 10.2 Å². The summed E-state index contributed by atoms with van der Waals surface area (Å²) in [6, 6.07) is 0. The second kappa shape index (κ2) is 5.28. The van der Waals surface area contributed by atoms with Crippen molar-refractivity contribution in [1.29, 1.82) is 0 Å². The van der Waals surface area contributed by atoms with Gasteiger partial charge in [0.15, 0.2) is 0 Å². The lowest BCUT2D eigenvalue weighted by molar-refractivity contribution is -0.128. The number of allylic oxidation sites excluding steroid dienone is 1. The van der Waals surface area contributed by atoms with Crippen LogP contribution in [0.5, 0.6) is 0 Å². The maximum absolute atomic E-state index is 12.3. The molecule has 1 fully saturated rings. The number of carbonyl (C=O) groups is 1. The van der Waals surface area contributed by atoms with Gasteiger partial charge in [0.25, 0.3) is 0 Å². The maximum atomic E-state index is 12.3. The van der Waals surface area contributed by atoms with Gasteiger partial charge in [0.2, 0.25) is 0 Å². The van der Waals surface area contributed by atoms with Crippen LogP contribution in [-0.4, -0.2) is 28.2 Å². The molecule has 4 rings (SSSR count). The molecule has 0 unspecified atom stereocenters. The van der Waals surface area contributed by atoms with Crippen molar-refractivity contribution in [2.75, 3.05) is 0 Å². The lowest BCUT2D eigenvalue weighted by Crippen LogP contribution is -2.44. The van der Waals surface area contributed by atoms with Gasteiger partial charge in [-0.05, 0) is 76.0 Å². The Labute approximate surface area is 144 Å². The molecule has 0 aromatic carbocycles. The fraction of sp³-hybridized carbons (Fsp3) is 0.762. The van der Waals surface area contributed by atoms with Crippen LogP contribution >= 0.6 is 0 Å². The molecular formula is C21H30O3. The van der Waals surface area contributed by atoms with Gasteiger partial charge in [-0.25, -0.2) is 0 Å². The van der Waals surface area contributed by atoms with Crippen molar-refractivity contribution in [3.05, 3.63) is 22.8 Å². The minimum Gasteiger partial charge on any atom is -0.393 e. The number of aliphatic hydroxyl groups excluding tert-OH is 2. The predicted molar refractivity (Wildman–Crippen MR) is 93.3 cm³/mol. The average molecular weight is 330 g/mol. The number of ketones is 1. The summed E-state index contributed by atoms with van der Waals surface area (Å²) in [5.41, 5.74) is 3.63. The molecule has 0 heterocycles. The highest BCUT2D eigenvalue weighted by Gasteiger charge is 2.55. The zero-order valence-electron chi connectivity index (χ0n) is 15.1. The number of rotatable bonds is 1. The Kier molecular flexibility index (Phi) is 3.64. The predicted octanol–water partition coefficient (Wildman–Crippen LogP) is 3.55. The molecule has 0 bridgehead atoms. The van der Waals surface area contributed by atoms with Crippen molar-refractivity contribution >= 4 is 5.78 Å². The van der Waals surface area contributed by atoms with Crippen molar-refractivity contribution in [2.45, 2.75) is 77.9 Å². The van der Waals surface area contributed by atoms with Crippen LogP contribution in [0.4, 0.5) is 0 Å². The Hall–Kier alpha value is -0.930. The monoisotopic (exact) mass is 330 g/mol. The van der Waals surface area contributed by atoms with Gasteiger partial charge in [-0.15, -0.1) is 0 Å². The first-order valence-corrected chi connectivity index (χ1v) is 9.57. The minimum atomic E-state index is -0.659. The third-order valence-electron chi connectivity index (χ3n) is 8.09. The molecule has 0 radical (unpaired) electrons. The van der Waals surface area contributed by atoms with Gasteiger partial charge in [-0.3, -0.25) is 4.79 Å². The molecule has 0 saturated heterocycles. The molecule has 6 atom stereocenters. The fourth-order valence-electron chi connectivity index (χ4n) is 6.35. The first-order chi connectivity index (χ1) is 11.3. The van der Waals surface area contributed by atoms with Crippen molar-refractivity contribution in [3.63, 3.8) is 0 Å². The third-order valence-corrected chi connectivity index (χ3v) is 8.09. The number of hydrogen-bond donors (Lipinski definition) is 2. The summed E-state index contributed by atoms with van der Waals surface area (Å²) < 4.78 is 0. The van der Waals surface area contributed by atoms with Crippen LogP contribution in [0.2, 0.25) is 0 Å². The highest BCUT2D eigenvalue weighted by atomic mass is 16.3. The quantitative estimate of drug-likeness (QED) is 0.723. The lowest BCUT2D eigenvalue weighted by Gasteiger charge is -2.52. The van der Waals surface area contributed by atoms with E-state index in [9.17, 15) is 15.0 Å². The molecule has 0 spiro atoms. The summed E-state index contributed by atoms with van der Waals surface area (Å²) in [6.45, 7) is 5.97. The molecule has 132 valence electrons. The van der Waals surface area contributed by atoms with E-state index >= 15 is 0 Å². The molecule has 0 amide bonds. The summed E-state index contributed by atoms with van der Waals surface area (Å²) in [6.07, 6.45) is 8.20. The molecule has 0 aromatic rings. The van der Waals surface area contributed by atoms with E-state index in [1.54, 1.807) is 6.92 Å².